The standard InChI is InChI=1S/C21H16ClFN2O2/c22-18-10-8-15(9-11-18)14-27-20-7-2-1-4-17(20)13-24-25-21(26)16-5-3-6-19(23)12-16/h1-13H,14H2,(H,25,26)/b24-13-. The number of rotatable bonds is 6. The number of amides is 1. The van der Waals surface area contributed by atoms with Gasteiger partial charge in [0.25, 0.3) is 5.91 Å². The third-order valence-electron chi connectivity index (χ3n) is 3.68. The van der Waals surface area contributed by atoms with Gasteiger partial charge in [0.15, 0.2) is 0 Å². The molecule has 0 radical (unpaired) electrons. The Balaban J connectivity index is 1.64. The minimum Gasteiger partial charge on any atom is -0.488 e. The van der Waals surface area contributed by atoms with Crippen molar-refractivity contribution < 1.29 is 13.9 Å². The van der Waals surface area contributed by atoms with Crippen LogP contribution in [0.1, 0.15) is 21.5 Å². The zero-order chi connectivity index (χ0) is 19.1. The summed E-state index contributed by atoms with van der Waals surface area (Å²) in [7, 11) is 0. The molecule has 0 saturated heterocycles. The number of benzene rings is 3. The van der Waals surface area contributed by atoms with E-state index in [0.717, 1.165) is 11.6 Å². The summed E-state index contributed by atoms with van der Waals surface area (Å²) in [4.78, 5) is 12.0. The van der Waals surface area contributed by atoms with E-state index in [1.165, 1.54) is 24.4 Å². The van der Waals surface area contributed by atoms with Crippen LogP contribution < -0.4 is 10.2 Å². The van der Waals surface area contributed by atoms with E-state index in [4.69, 9.17) is 16.3 Å². The van der Waals surface area contributed by atoms with E-state index in [9.17, 15) is 9.18 Å². The van der Waals surface area contributed by atoms with Gasteiger partial charge in [-0.25, -0.2) is 9.82 Å². The number of ether oxygens (including phenoxy) is 1. The molecule has 0 atom stereocenters. The number of carbonyl (C=O) groups excluding carboxylic acids is 1. The number of halogens is 2. The lowest BCUT2D eigenvalue weighted by molar-refractivity contribution is 0.0954. The molecule has 0 aromatic heterocycles. The predicted octanol–water partition coefficient (Wildman–Crippen LogP) is 4.82. The first-order valence-corrected chi connectivity index (χ1v) is 8.55. The Hall–Kier alpha value is -3.18. The van der Waals surface area contributed by atoms with Crippen molar-refractivity contribution in [2.45, 2.75) is 6.61 Å². The highest BCUT2D eigenvalue weighted by Crippen LogP contribution is 2.18. The second kappa shape index (κ2) is 8.96. The predicted molar refractivity (Wildman–Crippen MR) is 104 cm³/mol. The molecule has 4 nitrogen and oxygen atoms in total. The van der Waals surface area contributed by atoms with Crippen LogP contribution in [0.4, 0.5) is 4.39 Å². The van der Waals surface area contributed by atoms with Gasteiger partial charge in [0.05, 0.1) is 6.21 Å². The fourth-order valence-corrected chi connectivity index (χ4v) is 2.44. The first-order valence-electron chi connectivity index (χ1n) is 8.17. The molecular weight excluding hydrogens is 367 g/mol. The Bertz CT molecular complexity index is 958. The fourth-order valence-electron chi connectivity index (χ4n) is 2.32. The molecule has 0 aliphatic heterocycles. The van der Waals surface area contributed by atoms with Crippen LogP contribution in [0.3, 0.4) is 0 Å². The highest BCUT2D eigenvalue weighted by atomic mass is 35.5. The van der Waals surface area contributed by atoms with Crippen molar-refractivity contribution in [2.24, 2.45) is 5.10 Å². The normalized spacial score (nSPS) is 10.7. The second-order valence-corrected chi connectivity index (χ2v) is 6.10. The first kappa shape index (κ1) is 18.6. The van der Waals surface area contributed by atoms with Gasteiger partial charge < -0.3 is 4.74 Å². The Morgan fingerprint density at radius 2 is 1.85 bits per heavy atom. The van der Waals surface area contributed by atoms with E-state index in [2.05, 4.69) is 10.5 Å². The smallest absolute Gasteiger partial charge is 0.271 e. The lowest BCUT2D eigenvalue weighted by Gasteiger charge is -2.09. The SMILES string of the molecule is O=C(N/N=C\c1ccccc1OCc1ccc(Cl)cc1)c1cccc(F)c1. The highest BCUT2D eigenvalue weighted by molar-refractivity contribution is 6.30. The summed E-state index contributed by atoms with van der Waals surface area (Å²) in [5.74, 6) is -0.353. The van der Waals surface area contributed by atoms with Gasteiger partial charge in [-0.05, 0) is 48.0 Å². The maximum Gasteiger partial charge on any atom is 0.271 e. The van der Waals surface area contributed by atoms with E-state index in [1.54, 1.807) is 12.1 Å². The monoisotopic (exact) mass is 382 g/mol. The van der Waals surface area contributed by atoms with Gasteiger partial charge in [0.1, 0.15) is 18.2 Å². The summed E-state index contributed by atoms with van der Waals surface area (Å²) < 4.78 is 19.0. The molecular formula is C21H16ClFN2O2. The van der Waals surface area contributed by atoms with Crippen LogP contribution in [0.25, 0.3) is 0 Å². The molecule has 0 fully saturated rings. The quantitative estimate of drug-likeness (QED) is 0.490. The molecule has 0 heterocycles. The minimum atomic E-state index is -0.495. The minimum absolute atomic E-state index is 0.194. The number of nitrogens with zero attached hydrogens (tertiary/aromatic N) is 1. The lowest BCUT2D eigenvalue weighted by Crippen LogP contribution is -2.17. The van der Waals surface area contributed by atoms with Crippen molar-refractivity contribution in [1.29, 1.82) is 0 Å². The molecule has 1 amide bonds. The van der Waals surface area contributed by atoms with E-state index in [0.29, 0.717) is 22.9 Å². The fraction of sp³-hybridized carbons (Fsp3) is 0.0476. The first-order chi connectivity index (χ1) is 13.1. The zero-order valence-corrected chi connectivity index (χ0v) is 15.0. The number of hydrazone groups is 1. The molecule has 136 valence electrons. The van der Waals surface area contributed by atoms with Gasteiger partial charge in [-0.1, -0.05) is 41.9 Å². The summed E-state index contributed by atoms with van der Waals surface area (Å²) in [5.41, 5.74) is 4.25. The third-order valence-corrected chi connectivity index (χ3v) is 3.94. The molecule has 0 aliphatic rings. The molecule has 3 rings (SSSR count). The summed E-state index contributed by atoms with van der Waals surface area (Å²) >= 11 is 5.88. The van der Waals surface area contributed by atoms with Crippen LogP contribution in [-0.2, 0) is 6.61 Å². The van der Waals surface area contributed by atoms with Gasteiger partial charge in [-0.2, -0.15) is 5.10 Å². The number of para-hydroxylation sites is 1. The molecule has 0 spiro atoms. The third kappa shape index (κ3) is 5.39. The average Bonchev–Trinajstić information content (AvgIpc) is 2.68. The van der Waals surface area contributed by atoms with Crippen LogP contribution in [-0.4, -0.2) is 12.1 Å². The molecule has 0 saturated carbocycles. The maximum atomic E-state index is 13.2. The van der Waals surface area contributed by atoms with Crippen LogP contribution in [0.15, 0.2) is 77.9 Å². The van der Waals surface area contributed by atoms with Crippen molar-refractivity contribution in [3.05, 3.63) is 100 Å². The summed E-state index contributed by atoms with van der Waals surface area (Å²) in [6.07, 6.45) is 1.48. The van der Waals surface area contributed by atoms with Gasteiger partial charge in [0, 0.05) is 16.1 Å². The van der Waals surface area contributed by atoms with Crippen molar-refractivity contribution in [2.75, 3.05) is 0 Å². The summed E-state index contributed by atoms with van der Waals surface area (Å²) in [6.45, 7) is 0.373. The van der Waals surface area contributed by atoms with Crippen molar-refractivity contribution in [3.8, 4) is 5.75 Å². The Morgan fingerprint density at radius 1 is 1.07 bits per heavy atom. The van der Waals surface area contributed by atoms with Crippen molar-refractivity contribution >= 4 is 23.7 Å². The molecule has 0 bridgehead atoms. The molecule has 3 aromatic rings. The Morgan fingerprint density at radius 3 is 2.63 bits per heavy atom. The van der Waals surface area contributed by atoms with Gasteiger partial charge in [-0.15, -0.1) is 0 Å². The van der Waals surface area contributed by atoms with Gasteiger partial charge in [0.2, 0.25) is 0 Å². The largest absolute Gasteiger partial charge is 0.488 e. The Kier molecular flexibility index (Phi) is 6.18. The van der Waals surface area contributed by atoms with Crippen molar-refractivity contribution in [3.63, 3.8) is 0 Å². The number of hydrogen-bond donors (Lipinski definition) is 1. The molecule has 0 unspecified atom stereocenters. The summed E-state index contributed by atoms with van der Waals surface area (Å²) in [6, 6.07) is 20.1. The maximum absolute atomic E-state index is 13.2. The molecule has 0 aliphatic carbocycles. The number of carbonyl (C=O) groups is 1. The van der Waals surface area contributed by atoms with Crippen molar-refractivity contribution in [1.82, 2.24) is 5.43 Å². The lowest BCUT2D eigenvalue weighted by atomic mass is 10.2. The van der Waals surface area contributed by atoms with Gasteiger partial charge in [-0.3, -0.25) is 4.79 Å². The molecule has 27 heavy (non-hydrogen) atoms. The van der Waals surface area contributed by atoms with E-state index in [-0.39, 0.29) is 5.56 Å². The number of nitrogens with one attached hydrogen (secondary N) is 1. The molecule has 1 N–H and O–H groups in total. The topological polar surface area (TPSA) is 50.7 Å². The highest BCUT2D eigenvalue weighted by Gasteiger charge is 2.05. The van der Waals surface area contributed by atoms with Crippen LogP contribution in [0.2, 0.25) is 5.02 Å². The Labute approximate surface area is 161 Å². The van der Waals surface area contributed by atoms with E-state index < -0.39 is 11.7 Å². The second-order valence-electron chi connectivity index (χ2n) is 5.66. The van der Waals surface area contributed by atoms with E-state index in [1.807, 2.05) is 36.4 Å². The molecule has 6 heteroatoms. The van der Waals surface area contributed by atoms with Crippen LogP contribution >= 0.6 is 11.6 Å². The summed E-state index contributed by atoms with van der Waals surface area (Å²) in [5, 5.41) is 4.60. The number of hydrogen-bond acceptors (Lipinski definition) is 3. The zero-order valence-electron chi connectivity index (χ0n) is 14.2. The van der Waals surface area contributed by atoms with E-state index >= 15 is 0 Å². The average molecular weight is 383 g/mol. The molecule has 3 aromatic carbocycles. The van der Waals surface area contributed by atoms with Crippen LogP contribution in [0.5, 0.6) is 5.75 Å². The van der Waals surface area contributed by atoms with Gasteiger partial charge >= 0.3 is 0 Å². The van der Waals surface area contributed by atoms with Crippen LogP contribution in [0, 0.1) is 5.82 Å².